The molecule has 0 radical (unpaired) electrons. The van der Waals surface area contributed by atoms with Crippen LogP contribution >= 0.6 is 0 Å². The molecule has 5 rings (SSSR count). The quantitative estimate of drug-likeness (QED) is 0.541. The zero-order chi connectivity index (χ0) is 18.4. The molecule has 0 saturated heterocycles. The van der Waals surface area contributed by atoms with Crippen LogP contribution in [0.1, 0.15) is 41.5 Å². The summed E-state index contributed by atoms with van der Waals surface area (Å²) in [6, 6.07) is 21.1. The number of nitrogens with one attached hydrogen (secondary N) is 1. The van der Waals surface area contributed by atoms with E-state index in [0.717, 1.165) is 30.5 Å². The van der Waals surface area contributed by atoms with Gasteiger partial charge < -0.3 is 0 Å². The molecule has 2 unspecified atom stereocenters. The maximum atomic E-state index is 12.5. The Labute approximate surface area is 159 Å². The van der Waals surface area contributed by atoms with Crippen molar-refractivity contribution in [1.82, 2.24) is 5.43 Å². The van der Waals surface area contributed by atoms with E-state index in [1.54, 1.807) is 0 Å². The molecule has 0 aromatic heterocycles. The van der Waals surface area contributed by atoms with Gasteiger partial charge in [-0.1, -0.05) is 60.7 Å². The van der Waals surface area contributed by atoms with E-state index in [9.17, 15) is 4.79 Å². The molecule has 1 fully saturated rings. The van der Waals surface area contributed by atoms with E-state index in [1.165, 1.54) is 27.5 Å². The van der Waals surface area contributed by atoms with Gasteiger partial charge in [-0.05, 0) is 59.6 Å². The van der Waals surface area contributed by atoms with Crippen molar-refractivity contribution < 1.29 is 4.79 Å². The topological polar surface area (TPSA) is 41.5 Å². The Bertz CT molecular complexity index is 1060. The standard InChI is InChI=1S/C24H22N2O/c1-15(19-13-12-18-11-10-17-8-5-9-20(19)23(17)18)25-26-24(27)22-14-21(22)16-6-3-2-4-7-16/h2-9,12-13,21-22H,10-11,14H2,1H3,(H,26,27)/b25-15-. The predicted molar refractivity (Wildman–Crippen MR) is 109 cm³/mol. The largest absolute Gasteiger partial charge is 0.273 e. The molecule has 1 N–H and O–H groups in total. The predicted octanol–water partition coefficient (Wildman–Crippen LogP) is 4.58. The molecule has 0 spiro atoms. The van der Waals surface area contributed by atoms with Crippen LogP contribution in [-0.4, -0.2) is 11.6 Å². The van der Waals surface area contributed by atoms with E-state index >= 15 is 0 Å². The molecule has 1 saturated carbocycles. The molecule has 27 heavy (non-hydrogen) atoms. The Morgan fingerprint density at radius 3 is 2.56 bits per heavy atom. The van der Waals surface area contributed by atoms with Gasteiger partial charge in [0.1, 0.15) is 0 Å². The lowest BCUT2D eigenvalue weighted by atomic mass is 9.98. The van der Waals surface area contributed by atoms with Crippen LogP contribution in [0.4, 0.5) is 0 Å². The first-order chi connectivity index (χ1) is 13.2. The molecule has 1 amide bonds. The fraction of sp³-hybridized carbons (Fsp3) is 0.250. The summed E-state index contributed by atoms with van der Waals surface area (Å²) >= 11 is 0. The minimum Gasteiger partial charge on any atom is -0.273 e. The fourth-order valence-electron chi connectivity index (χ4n) is 4.40. The minimum absolute atomic E-state index is 0.0223. The summed E-state index contributed by atoms with van der Waals surface area (Å²) in [5.74, 6) is 0.393. The van der Waals surface area contributed by atoms with E-state index in [-0.39, 0.29) is 11.8 Å². The Morgan fingerprint density at radius 2 is 1.74 bits per heavy atom. The molecule has 2 aliphatic rings. The average Bonchev–Trinajstić information content (AvgIpc) is 3.41. The van der Waals surface area contributed by atoms with E-state index in [4.69, 9.17) is 0 Å². The van der Waals surface area contributed by atoms with Gasteiger partial charge in [-0.15, -0.1) is 0 Å². The van der Waals surface area contributed by atoms with Gasteiger partial charge in [0.25, 0.3) is 0 Å². The molecule has 3 heteroatoms. The summed E-state index contributed by atoms with van der Waals surface area (Å²) in [6.07, 6.45) is 3.14. The molecule has 3 aromatic carbocycles. The van der Waals surface area contributed by atoms with E-state index in [0.29, 0.717) is 5.92 Å². The first-order valence-corrected chi connectivity index (χ1v) is 9.65. The van der Waals surface area contributed by atoms with Crippen LogP contribution in [0.25, 0.3) is 10.8 Å². The molecule has 0 aliphatic heterocycles. The van der Waals surface area contributed by atoms with Crippen LogP contribution in [0.5, 0.6) is 0 Å². The molecule has 2 atom stereocenters. The minimum atomic E-state index is 0.0223. The van der Waals surface area contributed by atoms with Crippen molar-refractivity contribution in [3.8, 4) is 0 Å². The van der Waals surface area contributed by atoms with Crippen molar-refractivity contribution in [1.29, 1.82) is 0 Å². The monoisotopic (exact) mass is 354 g/mol. The van der Waals surface area contributed by atoms with Crippen LogP contribution in [0.2, 0.25) is 0 Å². The fourth-order valence-corrected chi connectivity index (χ4v) is 4.40. The average molecular weight is 354 g/mol. The van der Waals surface area contributed by atoms with Crippen LogP contribution in [-0.2, 0) is 17.6 Å². The van der Waals surface area contributed by atoms with E-state index in [2.05, 4.69) is 53.0 Å². The third-order valence-corrected chi connectivity index (χ3v) is 5.96. The summed E-state index contributed by atoms with van der Waals surface area (Å²) in [4.78, 5) is 12.5. The number of hydrogen-bond donors (Lipinski definition) is 1. The maximum absolute atomic E-state index is 12.5. The SMILES string of the molecule is C/C(=N/NC(=O)C1CC1c1ccccc1)c1ccc2c3c(cccc13)CC2. The van der Waals surface area contributed by atoms with Crippen molar-refractivity contribution in [2.24, 2.45) is 11.0 Å². The smallest absolute Gasteiger partial charge is 0.243 e. The van der Waals surface area contributed by atoms with Gasteiger partial charge in [-0.3, -0.25) is 4.79 Å². The second-order valence-electron chi connectivity index (χ2n) is 7.64. The van der Waals surface area contributed by atoms with Crippen molar-refractivity contribution >= 4 is 22.4 Å². The van der Waals surface area contributed by atoms with Crippen LogP contribution in [0.15, 0.2) is 65.8 Å². The number of carbonyl (C=O) groups excluding carboxylic acids is 1. The Hall–Kier alpha value is -2.94. The summed E-state index contributed by atoms with van der Waals surface area (Å²) in [6.45, 7) is 1.97. The molecule has 0 heterocycles. The molecule has 0 bridgehead atoms. The normalized spacial score (nSPS) is 20.7. The summed E-state index contributed by atoms with van der Waals surface area (Å²) < 4.78 is 0. The highest BCUT2D eigenvalue weighted by Crippen LogP contribution is 2.47. The van der Waals surface area contributed by atoms with Gasteiger partial charge in [-0.2, -0.15) is 5.10 Å². The van der Waals surface area contributed by atoms with Crippen molar-refractivity contribution in [2.45, 2.75) is 32.1 Å². The van der Waals surface area contributed by atoms with E-state index < -0.39 is 0 Å². The third kappa shape index (κ3) is 2.84. The molecule has 3 nitrogen and oxygen atoms in total. The number of amides is 1. The van der Waals surface area contributed by atoms with Gasteiger partial charge in [0.2, 0.25) is 5.91 Å². The van der Waals surface area contributed by atoms with Gasteiger partial charge >= 0.3 is 0 Å². The summed E-state index contributed by atoms with van der Waals surface area (Å²) in [7, 11) is 0. The van der Waals surface area contributed by atoms with Gasteiger partial charge in [0, 0.05) is 11.5 Å². The van der Waals surface area contributed by atoms with Crippen LogP contribution < -0.4 is 5.43 Å². The maximum Gasteiger partial charge on any atom is 0.243 e. The Balaban J connectivity index is 1.35. The number of aryl methyl sites for hydroxylation is 2. The van der Waals surface area contributed by atoms with Crippen LogP contribution in [0.3, 0.4) is 0 Å². The molecule has 134 valence electrons. The lowest BCUT2D eigenvalue weighted by molar-refractivity contribution is -0.122. The van der Waals surface area contributed by atoms with Gasteiger partial charge in [0.15, 0.2) is 0 Å². The van der Waals surface area contributed by atoms with Gasteiger partial charge in [-0.25, -0.2) is 5.43 Å². The summed E-state index contributed by atoms with van der Waals surface area (Å²) in [5.41, 5.74) is 8.85. The number of rotatable bonds is 4. The lowest BCUT2D eigenvalue weighted by Crippen LogP contribution is -2.21. The first kappa shape index (κ1) is 16.2. The Kier molecular flexibility index (Phi) is 3.82. The molecule has 3 aromatic rings. The highest BCUT2D eigenvalue weighted by atomic mass is 16.2. The highest BCUT2D eigenvalue weighted by molar-refractivity contribution is 6.11. The first-order valence-electron chi connectivity index (χ1n) is 9.65. The third-order valence-electron chi connectivity index (χ3n) is 5.96. The van der Waals surface area contributed by atoms with Crippen molar-refractivity contribution in [3.05, 3.63) is 82.9 Å². The second-order valence-corrected chi connectivity index (χ2v) is 7.64. The number of hydrazone groups is 1. The van der Waals surface area contributed by atoms with Crippen molar-refractivity contribution in [2.75, 3.05) is 0 Å². The summed E-state index contributed by atoms with van der Waals surface area (Å²) in [5, 5.41) is 7.05. The van der Waals surface area contributed by atoms with Gasteiger partial charge in [0.05, 0.1) is 5.71 Å². The highest BCUT2D eigenvalue weighted by Gasteiger charge is 2.43. The zero-order valence-electron chi connectivity index (χ0n) is 15.4. The number of hydrogen-bond acceptors (Lipinski definition) is 2. The van der Waals surface area contributed by atoms with Crippen molar-refractivity contribution in [3.63, 3.8) is 0 Å². The van der Waals surface area contributed by atoms with E-state index in [1.807, 2.05) is 25.1 Å². The number of benzene rings is 3. The number of nitrogens with zero attached hydrogens (tertiary/aromatic N) is 1. The molecular formula is C24H22N2O. The number of carbonyl (C=O) groups is 1. The molecular weight excluding hydrogens is 332 g/mol. The lowest BCUT2D eigenvalue weighted by Gasteiger charge is -2.09. The van der Waals surface area contributed by atoms with Crippen LogP contribution in [0, 0.1) is 5.92 Å². The zero-order valence-corrected chi connectivity index (χ0v) is 15.4. The Morgan fingerprint density at radius 1 is 0.963 bits per heavy atom. The second kappa shape index (κ2) is 6.34. The molecule has 2 aliphatic carbocycles.